The lowest BCUT2D eigenvalue weighted by molar-refractivity contribution is -0.388. The van der Waals surface area contributed by atoms with Gasteiger partial charge in [-0.1, -0.05) is 0 Å². The first-order valence-corrected chi connectivity index (χ1v) is 4.30. The van der Waals surface area contributed by atoms with E-state index in [0.29, 0.717) is 6.07 Å². The molecular formula is C9H7F3N2O3. The average molecular weight is 248 g/mol. The number of nitrogen functional groups attached to an aromatic ring is 1. The van der Waals surface area contributed by atoms with Crippen LogP contribution in [0.15, 0.2) is 12.1 Å². The van der Waals surface area contributed by atoms with Gasteiger partial charge in [0.05, 0.1) is 10.6 Å². The second-order valence-electron chi connectivity index (χ2n) is 3.27. The third kappa shape index (κ3) is 2.52. The van der Waals surface area contributed by atoms with E-state index < -0.39 is 33.8 Å². The molecule has 8 heteroatoms. The molecule has 0 saturated carbocycles. The van der Waals surface area contributed by atoms with Crippen molar-refractivity contribution in [2.24, 2.45) is 0 Å². The molecule has 0 saturated heterocycles. The number of nitro benzene ring substituents is 1. The highest BCUT2D eigenvalue weighted by Gasteiger charge is 2.41. The molecule has 0 heterocycles. The number of nitro groups is 1. The van der Waals surface area contributed by atoms with Gasteiger partial charge < -0.3 is 5.73 Å². The number of rotatable bonds is 2. The predicted molar refractivity (Wildman–Crippen MR) is 52.5 cm³/mol. The monoisotopic (exact) mass is 248 g/mol. The van der Waals surface area contributed by atoms with Gasteiger partial charge in [0.2, 0.25) is 0 Å². The van der Waals surface area contributed by atoms with E-state index in [1.807, 2.05) is 0 Å². The number of nitrogens with two attached hydrogens (primary N) is 1. The molecular weight excluding hydrogens is 241 g/mol. The molecule has 17 heavy (non-hydrogen) atoms. The number of alkyl halides is 3. The summed E-state index contributed by atoms with van der Waals surface area (Å²) in [5.74, 6) is -0.603. The Kier molecular flexibility index (Phi) is 3.08. The maximum Gasteiger partial charge on any atom is 0.425 e. The summed E-state index contributed by atoms with van der Waals surface area (Å²) >= 11 is 0. The van der Waals surface area contributed by atoms with Crippen LogP contribution < -0.4 is 5.73 Å². The van der Waals surface area contributed by atoms with E-state index >= 15 is 0 Å². The maximum absolute atomic E-state index is 12.5. The zero-order valence-electron chi connectivity index (χ0n) is 8.54. The van der Waals surface area contributed by atoms with E-state index in [-0.39, 0.29) is 5.56 Å². The molecule has 1 aromatic carbocycles. The van der Waals surface area contributed by atoms with E-state index in [9.17, 15) is 28.1 Å². The fourth-order valence-electron chi connectivity index (χ4n) is 1.30. The van der Waals surface area contributed by atoms with Crippen molar-refractivity contribution in [2.75, 3.05) is 5.73 Å². The van der Waals surface area contributed by atoms with Gasteiger partial charge in [-0.3, -0.25) is 14.9 Å². The van der Waals surface area contributed by atoms with Crippen LogP contribution in [-0.2, 0) is 6.18 Å². The third-order valence-electron chi connectivity index (χ3n) is 2.03. The summed E-state index contributed by atoms with van der Waals surface area (Å²) in [5, 5.41) is 10.5. The van der Waals surface area contributed by atoms with Gasteiger partial charge in [-0.25, -0.2) is 0 Å². The molecule has 0 aliphatic carbocycles. The van der Waals surface area contributed by atoms with Gasteiger partial charge in [0.25, 0.3) is 5.69 Å². The molecule has 0 unspecified atom stereocenters. The second kappa shape index (κ2) is 4.04. The standard InChI is InChI=1S/C9H7F3N2O3/c1-4(15)5-2-6(13)8(9(10,11)12)7(3-5)14(16)17/h2-3H,13H2,1H3. The molecule has 0 fully saturated rings. The summed E-state index contributed by atoms with van der Waals surface area (Å²) < 4.78 is 37.6. The van der Waals surface area contributed by atoms with Gasteiger partial charge in [0, 0.05) is 11.6 Å². The van der Waals surface area contributed by atoms with E-state index in [1.165, 1.54) is 0 Å². The van der Waals surface area contributed by atoms with E-state index in [2.05, 4.69) is 0 Å². The molecule has 0 amide bonds. The maximum atomic E-state index is 12.5. The molecule has 5 nitrogen and oxygen atoms in total. The number of benzene rings is 1. The van der Waals surface area contributed by atoms with Crippen molar-refractivity contribution in [3.8, 4) is 0 Å². The fraction of sp³-hybridized carbons (Fsp3) is 0.222. The molecule has 0 radical (unpaired) electrons. The van der Waals surface area contributed by atoms with Crippen LogP contribution in [0, 0.1) is 10.1 Å². The minimum atomic E-state index is -4.94. The molecule has 0 bridgehead atoms. The zero-order chi connectivity index (χ0) is 13.4. The minimum absolute atomic E-state index is 0.234. The summed E-state index contributed by atoms with van der Waals surface area (Å²) in [5.41, 5.74) is 1.28. The summed E-state index contributed by atoms with van der Waals surface area (Å²) in [7, 11) is 0. The van der Waals surface area contributed by atoms with Gasteiger partial charge in [-0.15, -0.1) is 0 Å². The van der Waals surface area contributed by atoms with E-state index in [4.69, 9.17) is 5.73 Å². The molecule has 0 aliphatic rings. The Morgan fingerprint density at radius 3 is 2.29 bits per heavy atom. The van der Waals surface area contributed by atoms with Crippen molar-refractivity contribution in [3.05, 3.63) is 33.4 Å². The van der Waals surface area contributed by atoms with Crippen molar-refractivity contribution < 1.29 is 22.9 Å². The smallest absolute Gasteiger partial charge is 0.398 e. The summed E-state index contributed by atoms with van der Waals surface area (Å²) in [6.07, 6.45) is -4.94. The normalized spacial score (nSPS) is 11.3. The van der Waals surface area contributed by atoms with Gasteiger partial charge in [-0.2, -0.15) is 13.2 Å². The zero-order valence-corrected chi connectivity index (χ0v) is 8.54. The van der Waals surface area contributed by atoms with Crippen molar-refractivity contribution in [2.45, 2.75) is 13.1 Å². The van der Waals surface area contributed by atoms with Crippen molar-refractivity contribution in [1.82, 2.24) is 0 Å². The number of anilines is 1. The Balaban J connectivity index is 3.61. The lowest BCUT2D eigenvalue weighted by atomic mass is 10.0. The molecule has 0 spiro atoms. The molecule has 92 valence electrons. The number of ketones is 1. The second-order valence-corrected chi connectivity index (χ2v) is 3.27. The summed E-state index contributed by atoms with van der Waals surface area (Å²) in [4.78, 5) is 20.3. The van der Waals surface area contributed by atoms with Crippen molar-refractivity contribution >= 4 is 17.2 Å². The lowest BCUT2D eigenvalue weighted by Gasteiger charge is -2.11. The number of halogens is 3. The largest absolute Gasteiger partial charge is 0.425 e. The number of hydrogen-bond donors (Lipinski definition) is 1. The first-order chi connectivity index (χ1) is 7.64. The fourth-order valence-corrected chi connectivity index (χ4v) is 1.30. The molecule has 0 atom stereocenters. The highest BCUT2D eigenvalue weighted by atomic mass is 19.4. The quantitative estimate of drug-likeness (QED) is 0.377. The van der Waals surface area contributed by atoms with Crippen LogP contribution >= 0.6 is 0 Å². The number of nitrogens with zero attached hydrogens (tertiary/aromatic N) is 1. The molecule has 1 rings (SSSR count). The van der Waals surface area contributed by atoms with Gasteiger partial charge in [0.1, 0.15) is 0 Å². The van der Waals surface area contributed by atoms with Gasteiger partial charge in [-0.05, 0) is 13.0 Å². The van der Waals surface area contributed by atoms with Crippen LogP contribution in [0.2, 0.25) is 0 Å². The minimum Gasteiger partial charge on any atom is -0.398 e. The van der Waals surface area contributed by atoms with Crippen LogP contribution in [0.3, 0.4) is 0 Å². The Hall–Kier alpha value is -2.12. The van der Waals surface area contributed by atoms with E-state index in [0.717, 1.165) is 13.0 Å². The Morgan fingerprint density at radius 2 is 1.94 bits per heavy atom. The molecule has 0 aliphatic heterocycles. The SMILES string of the molecule is CC(=O)c1cc(N)c(C(F)(F)F)c([N+](=O)[O-])c1. The van der Waals surface area contributed by atoms with Crippen LogP contribution in [-0.4, -0.2) is 10.7 Å². The Labute approximate surface area is 93.2 Å². The first kappa shape index (κ1) is 12.9. The highest BCUT2D eigenvalue weighted by Crippen LogP contribution is 2.40. The topological polar surface area (TPSA) is 86.2 Å². The van der Waals surface area contributed by atoms with Crippen LogP contribution in [0.1, 0.15) is 22.8 Å². The average Bonchev–Trinajstić information content (AvgIpc) is 2.13. The molecule has 0 aromatic heterocycles. The Bertz CT molecular complexity index is 497. The van der Waals surface area contributed by atoms with Crippen molar-refractivity contribution in [1.29, 1.82) is 0 Å². The number of carbonyl (C=O) groups excluding carboxylic acids is 1. The number of hydrogen-bond acceptors (Lipinski definition) is 4. The molecule has 2 N–H and O–H groups in total. The number of Topliss-reactive ketones (excluding diaryl/α,β-unsaturated/α-hetero) is 1. The van der Waals surface area contributed by atoms with Crippen LogP contribution in [0.25, 0.3) is 0 Å². The Morgan fingerprint density at radius 1 is 1.41 bits per heavy atom. The molecule has 1 aromatic rings. The number of carbonyl (C=O) groups is 1. The van der Waals surface area contributed by atoms with E-state index in [1.54, 1.807) is 0 Å². The van der Waals surface area contributed by atoms with Crippen LogP contribution in [0.4, 0.5) is 24.5 Å². The first-order valence-electron chi connectivity index (χ1n) is 4.30. The van der Waals surface area contributed by atoms with Crippen LogP contribution in [0.5, 0.6) is 0 Å². The lowest BCUT2D eigenvalue weighted by Crippen LogP contribution is -2.13. The van der Waals surface area contributed by atoms with Gasteiger partial charge in [0.15, 0.2) is 11.3 Å². The predicted octanol–water partition coefficient (Wildman–Crippen LogP) is 2.40. The van der Waals surface area contributed by atoms with Crippen molar-refractivity contribution in [3.63, 3.8) is 0 Å². The highest BCUT2D eigenvalue weighted by molar-refractivity contribution is 5.96. The summed E-state index contributed by atoms with van der Waals surface area (Å²) in [6.45, 7) is 1.08. The van der Waals surface area contributed by atoms with Gasteiger partial charge >= 0.3 is 6.18 Å². The summed E-state index contributed by atoms with van der Waals surface area (Å²) in [6, 6.07) is 1.35. The third-order valence-corrected chi connectivity index (χ3v) is 2.03.